The van der Waals surface area contributed by atoms with Gasteiger partial charge in [0.25, 0.3) is 0 Å². The number of hydrogen-bond donors (Lipinski definition) is 0. The predicted octanol–water partition coefficient (Wildman–Crippen LogP) is 2.17. The van der Waals surface area contributed by atoms with Crippen molar-refractivity contribution in [1.82, 2.24) is 4.90 Å². The van der Waals surface area contributed by atoms with Crippen molar-refractivity contribution in [3.63, 3.8) is 0 Å². The minimum Gasteiger partial charge on any atom is -0.383 e. The molecule has 0 fully saturated rings. The Morgan fingerprint density at radius 3 is 1.81 bits per heavy atom. The monoisotopic (exact) mass is 327 g/mol. The molecule has 0 N–H and O–H groups in total. The maximum atomic E-state index is 11.6. The number of phosphoric ester groups is 1. The van der Waals surface area contributed by atoms with Gasteiger partial charge >= 0.3 is 7.82 Å². The molecule has 0 unspecified atom stereocenters. The standard InChI is InChI=1S/C13H30NO6P/c1-16-12-9-14(10-13-17-2)8-6-5-7-11-20-21(15,18-3)19-4/h5-13H2,1-4H3. The molecule has 0 heterocycles. The molecule has 0 rings (SSSR count). The first kappa shape index (κ1) is 21.0. The lowest BCUT2D eigenvalue weighted by Crippen LogP contribution is -2.31. The number of hydrogen-bond acceptors (Lipinski definition) is 7. The summed E-state index contributed by atoms with van der Waals surface area (Å²) >= 11 is 0. The highest BCUT2D eigenvalue weighted by Crippen LogP contribution is 2.47. The van der Waals surface area contributed by atoms with E-state index in [9.17, 15) is 4.57 Å². The number of ether oxygens (including phenoxy) is 2. The van der Waals surface area contributed by atoms with Crippen molar-refractivity contribution in [3.05, 3.63) is 0 Å². The molecular formula is C13H30NO6P. The zero-order chi connectivity index (χ0) is 16.0. The second kappa shape index (κ2) is 13.6. The van der Waals surface area contributed by atoms with Crippen molar-refractivity contribution < 1.29 is 27.6 Å². The highest BCUT2D eigenvalue weighted by atomic mass is 31.2. The van der Waals surface area contributed by atoms with Gasteiger partial charge in [0.05, 0.1) is 19.8 Å². The summed E-state index contributed by atoms with van der Waals surface area (Å²) in [5.41, 5.74) is 0. The van der Waals surface area contributed by atoms with E-state index in [1.807, 2.05) is 0 Å². The molecule has 0 atom stereocenters. The van der Waals surface area contributed by atoms with Gasteiger partial charge in [-0.2, -0.15) is 0 Å². The van der Waals surface area contributed by atoms with Gasteiger partial charge in [0.2, 0.25) is 0 Å². The lowest BCUT2D eigenvalue weighted by molar-refractivity contribution is 0.112. The zero-order valence-corrected chi connectivity index (χ0v) is 14.6. The quantitative estimate of drug-likeness (QED) is 0.337. The summed E-state index contributed by atoms with van der Waals surface area (Å²) in [6, 6.07) is 0. The Labute approximate surface area is 128 Å². The van der Waals surface area contributed by atoms with Gasteiger partial charge in [-0.3, -0.25) is 18.5 Å². The second-order valence-corrected chi connectivity index (χ2v) is 6.42. The van der Waals surface area contributed by atoms with E-state index in [-0.39, 0.29) is 0 Å². The molecule has 7 nitrogen and oxygen atoms in total. The summed E-state index contributed by atoms with van der Waals surface area (Å²) in [7, 11) is 2.71. The van der Waals surface area contributed by atoms with E-state index in [4.69, 9.17) is 23.0 Å². The van der Waals surface area contributed by atoms with Crippen molar-refractivity contribution in [1.29, 1.82) is 0 Å². The molecule has 0 bridgehead atoms. The number of unbranched alkanes of at least 4 members (excludes halogenated alkanes) is 2. The number of methoxy groups -OCH3 is 2. The van der Waals surface area contributed by atoms with Gasteiger partial charge in [-0.1, -0.05) is 0 Å². The molecule has 0 aromatic rings. The lowest BCUT2D eigenvalue weighted by Gasteiger charge is -2.21. The van der Waals surface area contributed by atoms with Crippen molar-refractivity contribution in [3.8, 4) is 0 Å². The first-order valence-corrected chi connectivity index (χ1v) is 8.64. The Morgan fingerprint density at radius 1 is 0.762 bits per heavy atom. The second-order valence-electron chi connectivity index (χ2n) is 4.53. The third-order valence-corrected chi connectivity index (χ3v) is 4.43. The molecule has 0 spiro atoms. The fraction of sp³-hybridized carbons (Fsp3) is 1.00. The summed E-state index contributed by atoms with van der Waals surface area (Å²) in [5.74, 6) is 0. The van der Waals surface area contributed by atoms with Crippen molar-refractivity contribution >= 4 is 7.82 Å². The van der Waals surface area contributed by atoms with Crippen LogP contribution < -0.4 is 0 Å². The third kappa shape index (κ3) is 11.2. The highest BCUT2D eigenvalue weighted by Gasteiger charge is 2.21. The van der Waals surface area contributed by atoms with Crippen LogP contribution in [0.2, 0.25) is 0 Å². The van der Waals surface area contributed by atoms with E-state index in [1.54, 1.807) is 14.2 Å². The van der Waals surface area contributed by atoms with Crippen LogP contribution in [-0.4, -0.2) is 72.8 Å². The number of rotatable bonds is 15. The smallest absolute Gasteiger partial charge is 0.383 e. The predicted molar refractivity (Wildman–Crippen MR) is 81.6 cm³/mol. The number of nitrogens with zero attached hydrogens (tertiary/aromatic N) is 1. The van der Waals surface area contributed by atoms with Crippen LogP contribution in [0.15, 0.2) is 0 Å². The molecule has 128 valence electrons. The van der Waals surface area contributed by atoms with Gasteiger partial charge in [0.15, 0.2) is 0 Å². The first-order valence-electron chi connectivity index (χ1n) is 7.18. The van der Waals surface area contributed by atoms with Gasteiger partial charge in [-0.15, -0.1) is 0 Å². The molecule has 0 radical (unpaired) electrons. The van der Waals surface area contributed by atoms with Gasteiger partial charge in [0, 0.05) is 41.5 Å². The molecule has 0 aliphatic carbocycles. The summed E-state index contributed by atoms with van der Waals surface area (Å²) in [5, 5.41) is 0. The molecule has 8 heteroatoms. The van der Waals surface area contributed by atoms with Gasteiger partial charge in [0.1, 0.15) is 0 Å². The Bertz CT molecular complexity index is 263. The van der Waals surface area contributed by atoms with Gasteiger partial charge in [-0.25, -0.2) is 4.57 Å². The summed E-state index contributed by atoms with van der Waals surface area (Å²) in [4.78, 5) is 2.31. The minimum atomic E-state index is -3.32. The Kier molecular flexibility index (Phi) is 13.6. The molecular weight excluding hydrogens is 297 g/mol. The molecule has 0 aliphatic heterocycles. The zero-order valence-electron chi connectivity index (χ0n) is 13.7. The Balaban J connectivity index is 3.71. The fourth-order valence-electron chi connectivity index (χ4n) is 1.75. The third-order valence-electron chi connectivity index (χ3n) is 3.04. The van der Waals surface area contributed by atoms with E-state index in [1.165, 1.54) is 14.2 Å². The number of phosphoric acid groups is 1. The summed E-state index contributed by atoms with van der Waals surface area (Å²) < 4.78 is 36.3. The summed E-state index contributed by atoms with van der Waals surface area (Å²) in [6.45, 7) is 4.60. The average molecular weight is 327 g/mol. The van der Waals surface area contributed by atoms with Crippen LogP contribution in [0.5, 0.6) is 0 Å². The van der Waals surface area contributed by atoms with Crippen LogP contribution in [0.4, 0.5) is 0 Å². The van der Waals surface area contributed by atoms with Crippen molar-refractivity contribution in [2.45, 2.75) is 19.3 Å². The topological polar surface area (TPSA) is 66.5 Å². The first-order chi connectivity index (χ1) is 10.1. The Hall–Kier alpha value is -0.0100. The largest absolute Gasteiger partial charge is 0.474 e. The van der Waals surface area contributed by atoms with E-state index in [0.29, 0.717) is 6.61 Å². The Morgan fingerprint density at radius 2 is 1.33 bits per heavy atom. The van der Waals surface area contributed by atoms with Crippen LogP contribution in [0.3, 0.4) is 0 Å². The molecule has 0 aromatic carbocycles. The van der Waals surface area contributed by atoms with Gasteiger partial charge < -0.3 is 9.47 Å². The lowest BCUT2D eigenvalue weighted by atomic mass is 10.2. The highest BCUT2D eigenvalue weighted by molar-refractivity contribution is 7.48. The molecule has 0 aromatic heterocycles. The normalized spacial score (nSPS) is 12.2. The maximum absolute atomic E-state index is 11.6. The van der Waals surface area contributed by atoms with Crippen molar-refractivity contribution in [2.24, 2.45) is 0 Å². The van der Waals surface area contributed by atoms with Crippen LogP contribution >= 0.6 is 7.82 Å². The molecule has 21 heavy (non-hydrogen) atoms. The van der Waals surface area contributed by atoms with Crippen LogP contribution in [-0.2, 0) is 27.6 Å². The van der Waals surface area contributed by atoms with Gasteiger partial charge in [-0.05, 0) is 25.8 Å². The van der Waals surface area contributed by atoms with Crippen LogP contribution in [0, 0.1) is 0 Å². The molecule has 0 saturated heterocycles. The fourth-order valence-corrected chi connectivity index (χ4v) is 2.46. The molecule has 0 saturated carbocycles. The molecule has 0 amide bonds. The molecule has 0 aliphatic rings. The minimum absolute atomic E-state index is 0.370. The van der Waals surface area contributed by atoms with E-state index < -0.39 is 7.82 Å². The average Bonchev–Trinajstić information content (AvgIpc) is 2.52. The maximum Gasteiger partial charge on any atom is 0.474 e. The van der Waals surface area contributed by atoms with Crippen LogP contribution in [0.1, 0.15) is 19.3 Å². The van der Waals surface area contributed by atoms with E-state index in [2.05, 4.69) is 4.90 Å². The van der Waals surface area contributed by atoms with E-state index in [0.717, 1.165) is 52.1 Å². The SMILES string of the molecule is COCCN(CCCCCOP(=O)(OC)OC)CCOC. The van der Waals surface area contributed by atoms with Crippen molar-refractivity contribution in [2.75, 3.05) is 67.9 Å². The van der Waals surface area contributed by atoms with Crippen LogP contribution in [0.25, 0.3) is 0 Å². The van der Waals surface area contributed by atoms with E-state index >= 15 is 0 Å². The summed E-state index contributed by atoms with van der Waals surface area (Å²) in [6.07, 6.45) is 2.85.